The minimum absolute atomic E-state index is 0.0255. The van der Waals surface area contributed by atoms with Gasteiger partial charge in [-0.05, 0) is 42.0 Å². The van der Waals surface area contributed by atoms with Crippen molar-refractivity contribution in [2.45, 2.75) is 32.7 Å². The molecule has 20 heavy (non-hydrogen) atoms. The third kappa shape index (κ3) is 7.40. The van der Waals surface area contributed by atoms with Crippen LogP contribution in [-0.4, -0.2) is 17.7 Å². The molecule has 0 saturated heterocycles. The average molecular weight is 387 g/mol. The van der Waals surface area contributed by atoms with Gasteiger partial charge in [0.05, 0.1) is 9.62 Å². The molecule has 0 unspecified atom stereocenters. The highest BCUT2D eigenvalue weighted by molar-refractivity contribution is 14.1. The molecule has 0 spiro atoms. The summed E-state index contributed by atoms with van der Waals surface area (Å²) in [5.74, 6) is 0.103. The third-order valence-electron chi connectivity index (χ3n) is 2.53. The van der Waals surface area contributed by atoms with Crippen molar-refractivity contribution in [2.24, 2.45) is 11.5 Å². The number of halogens is 1. The first-order valence-corrected chi connectivity index (χ1v) is 7.42. The van der Waals surface area contributed by atoms with Crippen molar-refractivity contribution in [3.63, 3.8) is 0 Å². The molecule has 0 aliphatic heterocycles. The molecule has 1 rings (SSSR count). The van der Waals surface area contributed by atoms with Gasteiger partial charge in [-0.3, -0.25) is 10.2 Å². The standard InChI is InChI=1S/C8H10N2.C7H12INO/c1-6-3-2-4-7(5-6)8(9)10;1-3-4-6(9)7(10)5(2)8/h2-5H,1H3,(H3,9,10);6H,2-4,9H2,1H3/t;6-/m.0/s1. The topological polar surface area (TPSA) is 93.0 Å². The quantitative estimate of drug-likeness (QED) is 0.314. The van der Waals surface area contributed by atoms with Gasteiger partial charge in [-0.25, -0.2) is 0 Å². The van der Waals surface area contributed by atoms with Crippen LogP contribution >= 0.6 is 22.6 Å². The zero-order valence-electron chi connectivity index (χ0n) is 11.9. The first kappa shape index (κ1) is 18.8. The second-order valence-corrected chi connectivity index (χ2v) is 5.75. The fraction of sp³-hybridized carbons (Fsp3) is 0.333. The van der Waals surface area contributed by atoms with Crippen LogP contribution in [-0.2, 0) is 4.79 Å². The third-order valence-corrected chi connectivity index (χ3v) is 3.06. The number of rotatable bonds is 5. The Morgan fingerprint density at radius 1 is 1.50 bits per heavy atom. The Labute approximate surface area is 134 Å². The summed E-state index contributed by atoms with van der Waals surface area (Å²) >= 11 is 1.90. The van der Waals surface area contributed by atoms with Gasteiger partial charge in [0.15, 0.2) is 5.78 Å². The van der Waals surface area contributed by atoms with Crippen LogP contribution in [0, 0.1) is 12.3 Å². The molecule has 0 aliphatic rings. The summed E-state index contributed by atoms with van der Waals surface area (Å²) in [6.07, 6.45) is 1.69. The van der Waals surface area contributed by atoms with Crippen LogP contribution in [0.4, 0.5) is 0 Å². The molecule has 0 saturated carbocycles. The number of benzene rings is 1. The Morgan fingerprint density at radius 3 is 2.45 bits per heavy atom. The van der Waals surface area contributed by atoms with Crippen molar-refractivity contribution in [1.82, 2.24) is 0 Å². The average Bonchev–Trinajstić information content (AvgIpc) is 2.38. The predicted molar refractivity (Wildman–Crippen MR) is 93.2 cm³/mol. The molecule has 0 heterocycles. The highest BCUT2D eigenvalue weighted by atomic mass is 127. The molecule has 4 nitrogen and oxygen atoms in total. The van der Waals surface area contributed by atoms with Gasteiger partial charge in [0.2, 0.25) is 0 Å². The number of nitrogens with two attached hydrogens (primary N) is 2. The van der Waals surface area contributed by atoms with E-state index in [4.69, 9.17) is 16.9 Å². The molecule has 0 radical (unpaired) electrons. The highest BCUT2D eigenvalue weighted by Crippen LogP contribution is 2.08. The Morgan fingerprint density at radius 2 is 2.10 bits per heavy atom. The number of carbonyl (C=O) groups excluding carboxylic acids is 1. The van der Waals surface area contributed by atoms with Crippen molar-refractivity contribution in [3.8, 4) is 0 Å². The molecule has 110 valence electrons. The number of amidine groups is 1. The maximum Gasteiger partial charge on any atom is 0.184 e. The minimum Gasteiger partial charge on any atom is -0.384 e. The molecule has 5 heteroatoms. The number of nitrogen functional groups attached to an aromatic ring is 1. The lowest BCUT2D eigenvalue weighted by Crippen LogP contribution is -2.29. The van der Waals surface area contributed by atoms with E-state index in [1.165, 1.54) is 0 Å². The van der Waals surface area contributed by atoms with E-state index in [1.807, 2.05) is 60.7 Å². The number of ketones is 1. The maximum absolute atomic E-state index is 11.0. The lowest BCUT2D eigenvalue weighted by atomic mass is 10.1. The summed E-state index contributed by atoms with van der Waals surface area (Å²) in [7, 11) is 0. The van der Waals surface area contributed by atoms with Gasteiger partial charge in [0, 0.05) is 5.56 Å². The molecule has 0 amide bonds. The van der Waals surface area contributed by atoms with Gasteiger partial charge in [-0.1, -0.05) is 43.7 Å². The lowest BCUT2D eigenvalue weighted by Gasteiger charge is -2.06. The number of hydrogen-bond acceptors (Lipinski definition) is 3. The molecule has 0 bridgehead atoms. The first-order chi connectivity index (χ1) is 9.29. The van der Waals surface area contributed by atoms with Crippen molar-refractivity contribution in [3.05, 3.63) is 45.6 Å². The molecular formula is C15H22IN3O. The summed E-state index contributed by atoms with van der Waals surface area (Å²) in [5, 5.41) is 7.11. The van der Waals surface area contributed by atoms with E-state index in [2.05, 4.69) is 6.58 Å². The van der Waals surface area contributed by atoms with E-state index in [0.29, 0.717) is 3.58 Å². The summed E-state index contributed by atoms with van der Waals surface area (Å²) in [4.78, 5) is 11.0. The molecular weight excluding hydrogens is 365 g/mol. The molecule has 1 atom stereocenters. The van der Waals surface area contributed by atoms with Crippen LogP contribution in [0.1, 0.15) is 30.9 Å². The summed E-state index contributed by atoms with van der Waals surface area (Å²) < 4.78 is 0.526. The molecule has 0 fully saturated rings. The molecule has 5 N–H and O–H groups in total. The number of carbonyl (C=O) groups is 1. The van der Waals surface area contributed by atoms with Crippen molar-refractivity contribution >= 4 is 34.2 Å². The van der Waals surface area contributed by atoms with E-state index in [-0.39, 0.29) is 17.7 Å². The Bertz CT molecular complexity index is 486. The summed E-state index contributed by atoms with van der Waals surface area (Å²) in [5.41, 5.74) is 12.7. The fourth-order valence-electron chi connectivity index (χ4n) is 1.46. The van der Waals surface area contributed by atoms with Gasteiger partial charge in [-0.15, -0.1) is 0 Å². The molecule has 0 aromatic heterocycles. The summed E-state index contributed by atoms with van der Waals surface area (Å²) in [6.45, 7) is 7.50. The van der Waals surface area contributed by atoms with Gasteiger partial charge in [0.25, 0.3) is 0 Å². The van der Waals surface area contributed by atoms with Crippen LogP contribution in [0.2, 0.25) is 0 Å². The van der Waals surface area contributed by atoms with E-state index < -0.39 is 0 Å². The van der Waals surface area contributed by atoms with Gasteiger partial charge < -0.3 is 11.5 Å². The van der Waals surface area contributed by atoms with Crippen molar-refractivity contribution < 1.29 is 4.79 Å². The van der Waals surface area contributed by atoms with Gasteiger partial charge in [0.1, 0.15) is 5.84 Å². The zero-order valence-corrected chi connectivity index (χ0v) is 14.1. The van der Waals surface area contributed by atoms with Gasteiger partial charge >= 0.3 is 0 Å². The Kier molecular flexibility index (Phi) is 9.07. The predicted octanol–water partition coefficient (Wildman–Crippen LogP) is 2.91. The van der Waals surface area contributed by atoms with Crippen LogP contribution in [0.15, 0.2) is 34.4 Å². The minimum atomic E-state index is -0.339. The van der Waals surface area contributed by atoms with Crippen LogP contribution < -0.4 is 11.5 Å². The van der Waals surface area contributed by atoms with E-state index in [1.54, 1.807) is 0 Å². The van der Waals surface area contributed by atoms with Crippen LogP contribution in [0.5, 0.6) is 0 Å². The first-order valence-electron chi connectivity index (χ1n) is 6.34. The van der Waals surface area contributed by atoms with E-state index >= 15 is 0 Å². The van der Waals surface area contributed by atoms with Crippen LogP contribution in [0.3, 0.4) is 0 Å². The largest absolute Gasteiger partial charge is 0.384 e. The Balaban J connectivity index is 0.000000361. The SMILES string of the molecule is C=C(I)C(=O)[C@@H](N)CCC.Cc1cccc(C(=N)N)c1. The number of nitrogens with one attached hydrogen (secondary N) is 1. The number of Topliss-reactive ketones (excluding diaryl/α,β-unsaturated/α-hetero) is 1. The number of hydrogen-bond donors (Lipinski definition) is 3. The second-order valence-electron chi connectivity index (χ2n) is 4.45. The number of aryl methyl sites for hydroxylation is 1. The van der Waals surface area contributed by atoms with Gasteiger partial charge in [-0.2, -0.15) is 0 Å². The molecule has 1 aromatic carbocycles. The van der Waals surface area contributed by atoms with E-state index in [0.717, 1.165) is 24.0 Å². The molecule has 0 aliphatic carbocycles. The van der Waals surface area contributed by atoms with Crippen molar-refractivity contribution in [1.29, 1.82) is 5.41 Å². The lowest BCUT2D eigenvalue weighted by molar-refractivity contribution is -0.116. The zero-order chi connectivity index (χ0) is 15.7. The van der Waals surface area contributed by atoms with E-state index in [9.17, 15) is 4.79 Å². The fourth-order valence-corrected chi connectivity index (χ4v) is 1.86. The second kappa shape index (κ2) is 9.66. The van der Waals surface area contributed by atoms with Crippen LogP contribution in [0.25, 0.3) is 0 Å². The normalized spacial score (nSPS) is 11.0. The van der Waals surface area contributed by atoms with Crippen molar-refractivity contribution in [2.75, 3.05) is 0 Å². The monoisotopic (exact) mass is 387 g/mol. The summed E-state index contributed by atoms with van der Waals surface area (Å²) in [6, 6.07) is 7.25. The smallest absolute Gasteiger partial charge is 0.184 e. The Hall–Kier alpha value is -1.21. The highest BCUT2D eigenvalue weighted by Gasteiger charge is 2.12. The maximum atomic E-state index is 11.0. The molecule has 1 aromatic rings.